The van der Waals surface area contributed by atoms with Gasteiger partial charge in [-0.25, -0.2) is 4.68 Å². The lowest BCUT2D eigenvalue weighted by atomic mass is 9.91. The molecule has 0 atom stereocenters. The molecule has 1 aromatic heterocycles. The summed E-state index contributed by atoms with van der Waals surface area (Å²) in [6, 6.07) is 15.5. The number of hydrogen-bond acceptors (Lipinski definition) is 6. The number of amides is 2. The summed E-state index contributed by atoms with van der Waals surface area (Å²) in [5.41, 5.74) is 9.64. The molecule has 9 heteroatoms. The first-order chi connectivity index (χ1) is 17.9. The van der Waals surface area contributed by atoms with E-state index >= 15 is 0 Å². The first kappa shape index (κ1) is 25.0. The number of rotatable bonds is 10. The molecule has 0 bridgehead atoms. The van der Waals surface area contributed by atoms with E-state index in [2.05, 4.69) is 22.1 Å². The van der Waals surface area contributed by atoms with E-state index in [9.17, 15) is 9.59 Å². The Hall–Kier alpha value is -3.69. The SMILES string of the molecule is COc1ccc(-n2nc(C(N)=O)c3c2C(=O)N(c2ccc(C4(CCN(C)CCO)CC4)cc2)CC3)cc1. The number of anilines is 1. The highest BCUT2D eigenvalue weighted by Gasteiger charge is 2.44. The molecule has 1 aliphatic heterocycles. The van der Waals surface area contributed by atoms with Crippen molar-refractivity contribution < 1.29 is 19.4 Å². The third-order valence-corrected chi connectivity index (χ3v) is 7.67. The van der Waals surface area contributed by atoms with Gasteiger partial charge in [0.1, 0.15) is 11.4 Å². The van der Waals surface area contributed by atoms with Crippen molar-refractivity contribution in [2.45, 2.75) is 31.1 Å². The lowest BCUT2D eigenvalue weighted by molar-refractivity contribution is 0.0972. The van der Waals surface area contributed by atoms with Crippen LogP contribution in [0.15, 0.2) is 48.5 Å². The van der Waals surface area contributed by atoms with Crippen LogP contribution in [-0.2, 0) is 11.8 Å². The maximum atomic E-state index is 13.8. The largest absolute Gasteiger partial charge is 0.497 e. The number of hydrogen-bond donors (Lipinski definition) is 2. The first-order valence-corrected chi connectivity index (χ1v) is 12.6. The standard InChI is InChI=1S/C28H33N5O4/c1-31(17-18-34)16-14-28(12-13-28)19-3-5-20(6-4-19)32-15-11-23-24(26(29)35)30-33(25(23)27(32)36)21-7-9-22(37-2)10-8-21/h3-10,34H,11-18H2,1-2H3,(H2,29,35). The topological polar surface area (TPSA) is 114 Å². The molecule has 5 rings (SSSR count). The van der Waals surface area contributed by atoms with Gasteiger partial charge in [-0.3, -0.25) is 9.59 Å². The van der Waals surface area contributed by atoms with Gasteiger partial charge in [-0.05, 0) is 86.7 Å². The van der Waals surface area contributed by atoms with E-state index in [0.29, 0.717) is 42.2 Å². The number of likely N-dealkylation sites (N-methyl/N-ethyl adjacent to an activating group) is 1. The summed E-state index contributed by atoms with van der Waals surface area (Å²) in [6.45, 7) is 2.23. The molecular weight excluding hydrogens is 470 g/mol. The molecule has 1 aliphatic carbocycles. The molecule has 2 amide bonds. The van der Waals surface area contributed by atoms with Gasteiger partial charge < -0.3 is 25.4 Å². The van der Waals surface area contributed by atoms with E-state index in [1.54, 1.807) is 36.3 Å². The molecule has 1 fully saturated rings. The van der Waals surface area contributed by atoms with Crippen molar-refractivity contribution >= 4 is 17.5 Å². The van der Waals surface area contributed by atoms with E-state index < -0.39 is 5.91 Å². The number of aliphatic hydroxyl groups is 1. The van der Waals surface area contributed by atoms with Crippen LogP contribution in [0.3, 0.4) is 0 Å². The molecule has 2 heterocycles. The van der Waals surface area contributed by atoms with E-state index in [0.717, 1.165) is 31.5 Å². The van der Waals surface area contributed by atoms with Gasteiger partial charge in [0.2, 0.25) is 0 Å². The third kappa shape index (κ3) is 4.72. The predicted octanol–water partition coefficient (Wildman–Crippen LogP) is 2.53. The lowest BCUT2D eigenvalue weighted by Gasteiger charge is -2.28. The number of nitrogens with zero attached hydrogens (tertiary/aromatic N) is 4. The van der Waals surface area contributed by atoms with Crippen LogP contribution >= 0.6 is 0 Å². The van der Waals surface area contributed by atoms with Crippen molar-refractivity contribution in [1.82, 2.24) is 14.7 Å². The monoisotopic (exact) mass is 503 g/mol. The zero-order chi connectivity index (χ0) is 26.2. The van der Waals surface area contributed by atoms with Gasteiger partial charge in [0.15, 0.2) is 5.69 Å². The molecule has 0 spiro atoms. The van der Waals surface area contributed by atoms with Crippen molar-refractivity contribution in [1.29, 1.82) is 0 Å². The van der Waals surface area contributed by atoms with Gasteiger partial charge >= 0.3 is 0 Å². The summed E-state index contributed by atoms with van der Waals surface area (Å²) in [7, 11) is 3.62. The van der Waals surface area contributed by atoms with Crippen LogP contribution in [0.25, 0.3) is 5.69 Å². The van der Waals surface area contributed by atoms with Gasteiger partial charge in [-0.15, -0.1) is 0 Å². The molecule has 2 aliphatic rings. The Morgan fingerprint density at radius 2 is 1.78 bits per heavy atom. The predicted molar refractivity (Wildman–Crippen MR) is 141 cm³/mol. The fourth-order valence-electron chi connectivity index (χ4n) is 5.23. The van der Waals surface area contributed by atoms with E-state index in [4.69, 9.17) is 15.6 Å². The number of benzene rings is 2. The number of carbonyl (C=O) groups excluding carboxylic acids is 2. The van der Waals surface area contributed by atoms with Crippen LogP contribution in [0.1, 0.15) is 51.4 Å². The van der Waals surface area contributed by atoms with Gasteiger partial charge in [0.25, 0.3) is 11.8 Å². The number of primary amides is 1. The van der Waals surface area contributed by atoms with E-state index in [-0.39, 0.29) is 23.6 Å². The zero-order valence-electron chi connectivity index (χ0n) is 21.3. The van der Waals surface area contributed by atoms with Crippen LogP contribution in [0.5, 0.6) is 5.75 Å². The number of aliphatic hydroxyl groups excluding tert-OH is 1. The summed E-state index contributed by atoms with van der Waals surface area (Å²) >= 11 is 0. The molecule has 9 nitrogen and oxygen atoms in total. The summed E-state index contributed by atoms with van der Waals surface area (Å²) in [5.74, 6) is -0.175. The minimum absolute atomic E-state index is 0.135. The maximum Gasteiger partial charge on any atom is 0.277 e. The number of carbonyl (C=O) groups is 2. The fourth-order valence-corrected chi connectivity index (χ4v) is 5.23. The first-order valence-electron chi connectivity index (χ1n) is 12.6. The Labute approximate surface area is 216 Å². The molecular formula is C28H33N5O4. The highest BCUT2D eigenvalue weighted by molar-refractivity contribution is 6.09. The molecule has 194 valence electrons. The highest BCUT2D eigenvalue weighted by Crippen LogP contribution is 2.51. The van der Waals surface area contributed by atoms with Crippen molar-refractivity contribution in [3.63, 3.8) is 0 Å². The molecule has 1 saturated carbocycles. The van der Waals surface area contributed by atoms with E-state index in [1.165, 1.54) is 10.2 Å². The van der Waals surface area contributed by atoms with Crippen LogP contribution in [-0.4, -0.2) is 72.0 Å². The molecule has 0 radical (unpaired) electrons. The second-order valence-corrected chi connectivity index (χ2v) is 9.96. The van der Waals surface area contributed by atoms with Crippen LogP contribution < -0.4 is 15.4 Å². The van der Waals surface area contributed by atoms with Crippen molar-refractivity contribution in [2.75, 3.05) is 45.3 Å². The summed E-state index contributed by atoms with van der Waals surface area (Å²) in [4.78, 5) is 29.8. The number of nitrogens with two attached hydrogens (primary N) is 1. The Morgan fingerprint density at radius 1 is 1.11 bits per heavy atom. The van der Waals surface area contributed by atoms with Gasteiger partial charge in [0.05, 0.1) is 19.4 Å². The van der Waals surface area contributed by atoms with Gasteiger partial charge in [0, 0.05) is 24.3 Å². The number of aromatic nitrogens is 2. The number of fused-ring (bicyclic) bond motifs is 1. The zero-order valence-corrected chi connectivity index (χ0v) is 21.3. The average molecular weight is 504 g/mol. The summed E-state index contributed by atoms with van der Waals surface area (Å²) in [5, 5.41) is 13.6. The molecule has 3 N–H and O–H groups in total. The Bertz CT molecular complexity index is 1300. The van der Waals surface area contributed by atoms with E-state index in [1.807, 2.05) is 19.2 Å². The lowest BCUT2D eigenvalue weighted by Crippen LogP contribution is -2.39. The summed E-state index contributed by atoms with van der Waals surface area (Å²) in [6.07, 6.45) is 3.84. The number of methoxy groups -OCH3 is 1. The molecule has 0 unspecified atom stereocenters. The van der Waals surface area contributed by atoms with Crippen molar-refractivity contribution in [3.8, 4) is 11.4 Å². The average Bonchev–Trinajstić information content (AvgIpc) is 3.60. The number of ether oxygens (including phenoxy) is 1. The molecule has 37 heavy (non-hydrogen) atoms. The second kappa shape index (κ2) is 9.99. The Balaban J connectivity index is 1.41. The van der Waals surface area contributed by atoms with Crippen LogP contribution in [0.4, 0.5) is 5.69 Å². The maximum absolute atomic E-state index is 13.8. The van der Waals surface area contributed by atoms with Crippen LogP contribution in [0, 0.1) is 0 Å². The quantitative estimate of drug-likeness (QED) is 0.440. The minimum atomic E-state index is -0.645. The summed E-state index contributed by atoms with van der Waals surface area (Å²) < 4.78 is 6.76. The van der Waals surface area contributed by atoms with Crippen molar-refractivity contribution in [3.05, 3.63) is 71.0 Å². The van der Waals surface area contributed by atoms with Gasteiger partial charge in [-0.2, -0.15) is 5.10 Å². The fraction of sp³-hybridized carbons (Fsp3) is 0.393. The smallest absolute Gasteiger partial charge is 0.277 e. The Kier molecular flexibility index (Phi) is 6.74. The minimum Gasteiger partial charge on any atom is -0.497 e. The van der Waals surface area contributed by atoms with Crippen LogP contribution in [0.2, 0.25) is 0 Å². The second-order valence-electron chi connectivity index (χ2n) is 9.96. The normalized spacial score (nSPS) is 16.1. The van der Waals surface area contributed by atoms with Crippen molar-refractivity contribution in [2.24, 2.45) is 5.73 Å². The molecule has 0 saturated heterocycles. The Morgan fingerprint density at radius 3 is 2.38 bits per heavy atom. The van der Waals surface area contributed by atoms with Gasteiger partial charge in [-0.1, -0.05) is 12.1 Å². The molecule has 3 aromatic rings. The highest BCUT2D eigenvalue weighted by atomic mass is 16.5. The third-order valence-electron chi connectivity index (χ3n) is 7.67. The molecule has 2 aromatic carbocycles.